The minimum atomic E-state index is -0.286. The highest BCUT2D eigenvalue weighted by Crippen LogP contribution is 2.34. The van der Waals surface area contributed by atoms with Gasteiger partial charge in [0.15, 0.2) is 0 Å². The van der Waals surface area contributed by atoms with E-state index in [9.17, 15) is 9.59 Å². The minimum absolute atomic E-state index is 0.0716. The quantitative estimate of drug-likeness (QED) is 0.559. The highest BCUT2D eigenvalue weighted by Gasteiger charge is 2.37. The first-order chi connectivity index (χ1) is 8.34. The third-order valence-electron chi connectivity index (χ3n) is 3.52. The van der Waals surface area contributed by atoms with Crippen molar-refractivity contribution in [3.8, 4) is 0 Å². The zero-order valence-electron chi connectivity index (χ0n) is 12.0. The molecular formula is C14H25NO3. The number of amides is 1. The van der Waals surface area contributed by atoms with Crippen molar-refractivity contribution in [3.63, 3.8) is 0 Å². The van der Waals surface area contributed by atoms with E-state index < -0.39 is 0 Å². The number of esters is 1. The van der Waals surface area contributed by atoms with Gasteiger partial charge in [0.05, 0.1) is 6.61 Å². The summed E-state index contributed by atoms with van der Waals surface area (Å²) >= 11 is 0. The van der Waals surface area contributed by atoms with E-state index in [1.807, 2.05) is 6.92 Å². The first-order valence-electron chi connectivity index (χ1n) is 6.78. The Morgan fingerprint density at radius 2 is 2.11 bits per heavy atom. The Hall–Kier alpha value is -1.06. The van der Waals surface area contributed by atoms with Gasteiger partial charge in [-0.1, -0.05) is 34.1 Å². The van der Waals surface area contributed by atoms with Crippen LogP contribution < -0.4 is 0 Å². The Labute approximate surface area is 110 Å². The van der Waals surface area contributed by atoms with E-state index in [0.717, 1.165) is 12.8 Å². The number of likely N-dealkylation sites (tertiary alicyclic amines) is 1. The molecule has 1 fully saturated rings. The zero-order chi connectivity index (χ0) is 13.8. The van der Waals surface area contributed by atoms with Crippen LogP contribution in [0.15, 0.2) is 0 Å². The van der Waals surface area contributed by atoms with Gasteiger partial charge in [-0.05, 0) is 17.8 Å². The third kappa shape index (κ3) is 4.31. The van der Waals surface area contributed by atoms with Gasteiger partial charge < -0.3 is 9.64 Å². The maximum atomic E-state index is 11.8. The second-order valence-corrected chi connectivity index (χ2v) is 6.12. The number of rotatable bonds is 5. The molecule has 0 spiro atoms. The van der Waals surface area contributed by atoms with Crippen LogP contribution in [0, 0.1) is 11.3 Å². The van der Waals surface area contributed by atoms with E-state index in [1.54, 1.807) is 4.90 Å². The summed E-state index contributed by atoms with van der Waals surface area (Å²) < 4.78 is 5.08. The zero-order valence-corrected chi connectivity index (χ0v) is 12.0. The number of unbranched alkanes of at least 4 members (excludes halogenated alkanes) is 1. The molecule has 1 rings (SSSR count). The monoisotopic (exact) mass is 255 g/mol. The second-order valence-electron chi connectivity index (χ2n) is 6.12. The summed E-state index contributed by atoms with van der Waals surface area (Å²) in [6, 6.07) is 0. The fourth-order valence-electron chi connectivity index (χ4n) is 2.04. The van der Waals surface area contributed by atoms with Gasteiger partial charge in [0, 0.05) is 13.0 Å². The maximum Gasteiger partial charge on any atom is 0.325 e. The number of hydrogen-bond acceptors (Lipinski definition) is 3. The average Bonchev–Trinajstić information content (AvgIpc) is 2.60. The molecule has 4 nitrogen and oxygen atoms in total. The summed E-state index contributed by atoms with van der Waals surface area (Å²) in [6.45, 7) is 9.68. The SMILES string of the molecule is CCCCOC(=O)CN1CC(C(C)(C)C)CC1=O. The highest BCUT2D eigenvalue weighted by atomic mass is 16.5. The van der Waals surface area contributed by atoms with Gasteiger partial charge in [0.2, 0.25) is 5.91 Å². The lowest BCUT2D eigenvalue weighted by Crippen LogP contribution is -2.33. The van der Waals surface area contributed by atoms with Gasteiger partial charge in [0.25, 0.3) is 0 Å². The van der Waals surface area contributed by atoms with Crippen LogP contribution in [-0.2, 0) is 14.3 Å². The molecule has 18 heavy (non-hydrogen) atoms. The summed E-state index contributed by atoms with van der Waals surface area (Å²) in [5.74, 6) is 0.113. The maximum absolute atomic E-state index is 11.8. The molecule has 0 aromatic heterocycles. The average molecular weight is 255 g/mol. The van der Waals surface area contributed by atoms with Crippen molar-refractivity contribution in [1.29, 1.82) is 0 Å². The lowest BCUT2D eigenvalue weighted by Gasteiger charge is -2.26. The smallest absolute Gasteiger partial charge is 0.325 e. The normalized spacial score (nSPS) is 20.3. The van der Waals surface area contributed by atoms with Crippen molar-refractivity contribution in [3.05, 3.63) is 0 Å². The van der Waals surface area contributed by atoms with Crippen molar-refractivity contribution >= 4 is 11.9 Å². The van der Waals surface area contributed by atoms with Crippen LogP contribution in [0.4, 0.5) is 0 Å². The summed E-state index contributed by atoms with van der Waals surface area (Å²) in [7, 11) is 0. The molecule has 0 aliphatic carbocycles. The van der Waals surface area contributed by atoms with Crippen molar-refractivity contribution in [2.75, 3.05) is 19.7 Å². The number of carbonyl (C=O) groups is 2. The first kappa shape index (κ1) is 15.0. The summed E-state index contributed by atoms with van der Waals surface area (Å²) in [4.78, 5) is 25.0. The van der Waals surface area contributed by atoms with Crippen molar-refractivity contribution in [2.45, 2.75) is 47.0 Å². The van der Waals surface area contributed by atoms with Crippen LogP contribution in [-0.4, -0.2) is 36.5 Å². The molecule has 1 unspecified atom stereocenters. The van der Waals surface area contributed by atoms with Crippen LogP contribution >= 0.6 is 0 Å². The van der Waals surface area contributed by atoms with Crippen molar-refractivity contribution < 1.29 is 14.3 Å². The first-order valence-corrected chi connectivity index (χ1v) is 6.78. The van der Waals surface area contributed by atoms with E-state index in [2.05, 4.69) is 20.8 Å². The van der Waals surface area contributed by atoms with E-state index >= 15 is 0 Å². The van der Waals surface area contributed by atoms with Gasteiger partial charge in [-0.2, -0.15) is 0 Å². The molecule has 0 N–H and O–H groups in total. The van der Waals surface area contributed by atoms with Crippen LogP contribution in [0.25, 0.3) is 0 Å². The van der Waals surface area contributed by atoms with E-state index in [1.165, 1.54) is 0 Å². The second kappa shape index (κ2) is 6.21. The van der Waals surface area contributed by atoms with Crippen molar-refractivity contribution in [2.24, 2.45) is 11.3 Å². The standard InChI is InChI=1S/C14H25NO3/c1-5-6-7-18-13(17)10-15-9-11(8-12(15)16)14(2,3)4/h11H,5-10H2,1-4H3. The molecule has 0 radical (unpaired) electrons. The van der Waals surface area contributed by atoms with Gasteiger partial charge in [-0.3, -0.25) is 9.59 Å². The largest absolute Gasteiger partial charge is 0.464 e. The Balaban J connectivity index is 2.39. The van der Waals surface area contributed by atoms with Crippen LogP contribution in [0.5, 0.6) is 0 Å². The molecule has 104 valence electrons. The number of ether oxygens (including phenoxy) is 1. The van der Waals surface area contributed by atoms with Crippen LogP contribution in [0.3, 0.4) is 0 Å². The minimum Gasteiger partial charge on any atom is -0.464 e. The predicted molar refractivity (Wildman–Crippen MR) is 70.0 cm³/mol. The lowest BCUT2D eigenvalue weighted by atomic mass is 9.80. The molecule has 4 heteroatoms. The molecule has 1 atom stereocenters. The van der Waals surface area contributed by atoms with Crippen molar-refractivity contribution in [1.82, 2.24) is 4.90 Å². The molecule has 1 aliphatic heterocycles. The number of carbonyl (C=O) groups excluding carboxylic acids is 2. The molecule has 0 bridgehead atoms. The topological polar surface area (TPSA) is 46.6 Å². The molecular weight excluding hydrogens is 230 g/mol. The van der Waals surface area contributed by atoms with Gasteiger partial charge in [-0.25, -0.2) is 0 Å². The Morgan fingerprint density at radius 1 is 1.44 bits per heavy atom. The highest BCUT2D eigenvalue weighted by molar-refractivity contribution is 5.83. The fourth-order valence-corrected chi connectivity index (χ4v) is 2.04. The van der Waals surface area contributed by atoms with Gasteiger partial charge >= 0.3 is 5.97 Å². The molecule has 1 heterocycles. The van der Waals surface area contributed by atoms with Crippen LogP contribution in [0.2, 0.25) is 0 Å². The fraction of sp³-hybridized carbons (Fsp3) is 0.857. The Morgan fingerprint density at radius 3 is 2.61 bits per heavy atom. The molecule has 1 aliphatic rings. The molecule has 0 saturated carbocycles. The van der Waals surface area contributed by atoms with E-state index in [-0.39, 0.29) is 23.8 Å². The van der Waals surface area contributed by atoms with Gasteiger partial charge in [0.1, 0.15) is 6.54 Å². The van der Waals surface area contributed by atoms with Gasteiger partial charge in [-0.15, -0.1) is 0 Å². The predicted octanol–water partition coefficient (Wildman–Crippen LogP) is 2.22. The molecule has 0 aromatic carbocycles. The molecule has 1 saturated heterocycles. The summed E-state index contributed by atoms with van der Waals surface area (Å²) in [5, 5.41) is 0. The molecule has 1 amide bonds. The van der Waals surface area contributed by atoms with E-state index in [0.29, 0.717) is 25.5 Å². The third-order valence-corrected chi connectivity index (χ3v) is 3.52. The molecule has 0 aromatic rings. The summed E-state index contributed by atoms with van der Waals surface area (Å²) in [5.41, 5.74) is 0.108. The van der Waals surface area contributed by atoms with Crippen LogP contribution in [0.1, 0.15) is 47.0 Å². The lowest BCUT2D eigenvalue weighted by molar-refractivity contribution is -0.148. The number of nitrogens with zero attached hydrogens (tertiary/aromatic N) is 1. The number of hydrogen-bond donors (Lipinski definition) is 0. The summed E-state index contributed by atoms with van der Waals surface area (Å²) in [6.07, 6.45) is 2.43. The Bertz CT molecular complexity index is 307. The Kier molecular flexibility index (Phi) is 5.17. The van der Waals surface area contributed by atoms with E-state index in [4.69, 9.17) is 4.74 Å².